The number of carbonyl (C=O) groups excluding carboxylic acids is 1. The number of hydrogen-bond acceptors (Lipinski definition) is 3. The van der Waals surface area contributed by atoms with Crippen LogP contribution in [-0.2, 0) is 4.79 Å². The van der Waals surface area contributed by atoms with Crippen LogP contribution < -0.4 is 0 Å². The number of hydrogen-bond donors (Lipinski definition) is 0. The molecule has 0 amide bonds. The van der Waals surface area contributed by atoms with Crippen LogP contribution in [0.2, 0.25) is 0 Å². The molecule has 0 N–H and O–H groups in total. The SMILES string of the molecule is C=CC#N.CC#N.CC(C)=O. The normalized spacial score (nSPS) is 4.45. The largest absolute Gasteiger partial charge is 0.300 e. The second-order valence-electron chi connectivity index (χ2n) is 1.47. The topological polar surface area (TPSA) is 64.7 Å². The van der Waals surface area contributed by atoms with Gasteiger partial charge in [-0.1, -0.05) is 6.58 Å². The number of rotatable bonds is 0. The van der Waals surface area contributed by atoms with E-state index in [0.29, 0.717) is 0 Å². The van der Waals surface area contributed by atoms with Crippen LogP contribution in [0.15, 0.2) is 12.7 Å². The lowest BCUT2D eigenvalue weighted by Gasteiger charge is -1.56. The summed E-state index contributed by atoms with van der Waals surface area (Å²) in [4.78, 5) is 9.44. The highest BCUT2D eigenvalue weighted by atomic mass is 16.1. The summed E-state index contributed by atoms with van der Waals surface area (Å²) >= 11 is 0. The van der Waals surface area contributed by atoms with Gasteiger partial charge in [0, 0.05) is 13.0 Å². The standard InChI is InChI=1S/C3H3N.C3H6O.C2H3N/c1-2-3-4;1-3(2)4;1-2-3/h2H,1H2;1-2H3;1H3. The first-order chi connectivity index (χ1) is 5.06. The van der Waals surface area contributed by atoms with E-state index in [1.165, 1.54) is 26.8 Å². The number of carbonyl (C=O) groups is 1. The van der Waals surface area contributed by atoms with Gasteiger partial charge in [-0.05, 0) is 13.8 Å². The molecule has 0 fully saturated rings. The van der Waals surface area contributed by atoms with Gasteiger partial charge in [0.05, 0.1) is 12.1 Å². The predicted octanol–water partition coefficient (Wildman–Crippen LogP) is 1.82. The third-order valence-corrected chi connectivity index (χ3v) is 0.0913. The van der Waals surface area contributed by atoms with E-state index in [0.717, 1.165) is 0 Å². The first-order valence-corrected chi connectivity index (χ1v) is 2.85. The van der Waals surface area contributed by atoms with E-state index >= 15 is 0 Å². The molecule has 0 atom stereocenters. The third-order valence-electron chi connectivity index (χ3n) is 0.0913. The van der Waals surface area contributed by atoms with E-state index in [9.17, 15) is 4.79 Å². The summed E-state index contributed by atoms with van der Waals surface area (Å²) in [7, 11) is 0. The average Bonchev–Trinajstić information content (AvgIpc) is 1.88. The van der Waals surface area contributed by atoms with Crippen molar-refractivity contribution in [2.75, 3.05) is 0 Å². The molecule has 0 bridgehead atoms. The van der Waals surface area contributed by atoms with Gasteiger partial charge in [-0.15, -0.1) is 0 Å². The second kappa shape index (κ2) is 23.8. The van der Waals surface area contributed by atoms with Gasteiger partial charge in [0.1, 0.15) is 5.78 Å². The zero-order valence-electron chi connectivity index (χ0n) is 7.09. The monoisotopic (exact) mass is 152 g/mol. The first kappa shape index (κ1) is 16.2. The van der Waals surface area contributed by atoms with Crippen LogP contribution >= 0.6 is 0 Å². The van der Waals surface area contributed by atoms with Gasteiger partial charge in [0.25, 0.3) is 0 Å². The Labute approximate surface area is 67.6 Å². The van der Waals surface area contributed by atoms with Gasteiger partial charge in [-0.25, -0.2) is 0 Å². The van der Waals surface area contributed by atoms with Gasteiger partial charge in [-0.3, -0.25) is 0 Å². The first-order valence-electron chi connectivity index (χ1n) is 2.85. The highest BCUT2D eigenvalue weighted by Crippen LogP contribution is 1.50. The smallest absolute Gasteiger partial charge is 0.126 e. The van der Waals surface area contributed by atoms with Crippen LogP contribution in [0.5, 0.6) is 0 Å². The zero-order chi connectivity index (χ0) is 9.70. The molecule has 11 heavy (non-hydrogen) atoms. The van der Waals surface area contributed by atoms with Crippen LogP contribution in [0, 0.1) is 22.7 Å². The highest BCUT2D eigenvalue weighted by molar-refractivity contribution is 5.72. The molecular formula is C8H12N2O. The number of ketones is 1. The quantitative estimate of drug-likeness (QED) is 0.497. The Bertz CT molecular complexity index is 168. The number of Topliss-reactive ketones (excluding diaryl/α,β-unsaturated/α-hetero) is 1. The van der Waals surface area contributed by atoms with Gasteiger partial charge in [0.15, 0.2) is 0 Å². The minimum absolute atomic E-state index is 0.167. The summed E-state index contributed by atoms with van der Waals surface area (Å²) in [5.74, 6) is 0.167. The Kier molecular flexibility index (Phi) is 35.0. The van der Waals surface area contributed by atoms with E-state index in [-0.39, 0.29) is 5.78 Å². The van der Waals surface area contributed by atoms with Crippen molar-refractivity contribution in [3.8, 4) is 12.1 Å². The lowest BCUT2D eigenvalue weighted by molar-refractivity contribution is -0.114. The zero-order valence-corrected chi connectivity index (χ0v) is 7.09. The molecule has 0 aliphatic rings. The molecule has 0 aromatic carbocycles. The van der Waals surface area contributed by atoms with Gasteiger partial charge < -0.3 is 4.79 Å². The van der Waals surface area contributed by atoms with E-state index in [1.54, 1.807) is 12.1 Å². The van der Waals surface area contributed by atoms with Crippen molar-refractivity contribution in [3.05, 3.63) is 12.7 Å². The fourth-order valence-electron chi connectivity index (χ4n) is 0. The molecular weight excluding hydrogens is 140 g/mol. The Morgan fingerprint density at radius 1 is 1.45 bits per heavy atom. The van der Waals surface area contributed by atoms with Crippen molar-refractivity contribution in [2.24, 2.45) is 0 Å². The summed E-state index contributed by atoms with van der Waals surface area (Å²) in [6.07, 6.45) is 1.18. The van der Waals surface area contributed by atoms with Crippen LogP contribution in [0.3, 0.4) is 0 Å². The summed E-state index contributed by atoms with van der Waals surface area (Å²) in [6.45, 7) is 7.60. The van der Waals surface area contributed by atoms with Gasteiger partial charge in [0.2, 0.25) is 0 Å². The van der Waals surface area contributed by atoms with E-state index < -0.39 is 0 Å². The molecule has 0 unspecified atom stereocenters. The fraction of sp³-hybridized carbons (Fsp3) is 0.375. The molecule has 0 saturated carbocycles. The third kappa shape index (κ3) is 921. The summed E-state index contributed by atoms with van der Waals surface area (Å²) in [5, 5.41) is 14.8. The molecule has 0 heterocycles. The molecule has 0 aliphatic heterocycles. The Morgan fingerprint density at radius 2 is 1.55 bits per heavy atom. The van der Waals surface area contributed by atoms with Crippen molar-refractivity contribution < 1.29 is 4.79 Å². The highest BCUT2D eigenvalue weighted by Gasteiger charge is 1.62. The Hall–Kier alpha value is -1.61. The van der Waals surface area contributed by atoms with Crippen LogP contribution in [-0.4, -0.2) is 5.78 Å². The van der Waals surface area contributed by atoms with Crippen LogP contribution in [0.4, 0.5) is 0 Å². The van der Waals surface area contributed by atoms with Crippen molar-refractivity contribution in [2.45, 2.75) is 20.8 Å². The maximum Gasteiger partial charge on any atom is 0.126 e. The Morgan fingerprint density at radius 3 is 1.55 bits per heavy atom. The second-order valence-corrected chi connectivity index (χ2v) is 1.47. The van der Waals surface area contributed by atoms with Gasteiger partial charge in [-0.2, -0.15) is 10.5 Å². The summed E-state index contributed by atoms with van der Waals surface area (Å²) < 4.78 is 0. The molecule has 0 saturated heterocycles. The van der Waals surface area contributed by atoms with E-state index in [1.807, 2.05) is 0 Å². The van der Waals surface area contributed by atoms with E-state index in [2.05, 4.69) is 6.58 Å². The van der Waals surface area contributed by atoms with Crippen molar-refractivity contribution in [1.82, 2.24) is 0 Å². The number of nitriles is 2. The van der Waals surface area contributed by atoms with Crippen molar-refractivity contribution >= 4 is 5.78 Å². The fourth-order valence-corrected chi connectivity index (χ4v) is 0. The average molecular weight is 152 g/mol. The van der Waals surface area contributed by atoms with E-state index in [4.69, 9.17) is 10.5 Å². The molecule has 3 nitrogen and oxygen atoms in total. The molecule has 0 rings (SSSR count). The minimum Gasteiger partial charge on any atom is -0.300 e. The van der Waals surface area contributed by atoms with Crippen molar-refractivity contribution in [3.63, 3.8) is 0 Å². The maximum absolute atomic E-state index is 9.44. The predicted molar refractivity (Wildman–Crippen MR) is 43.5 cm³/mol. The molecule has 0 aliphatic carbocycles. The van der Waals surface area contributed by atoms with Gasteiger partial charge >= 0.3 is 0 Å². The summed E-state index contributed by atoms with van der Waals surface area (Å²) in [5.41, 5.74) is 0. The molecule has 0 aromatic rings. The molecule has 0 aromatic heterocycles. The van der Waals surface area contributed by atoms with Crippen molar-refractivity contribution in [1.29, 1.82) is 10.5 Å². The minimum atomic E-state index is 0.167. The van der Waals surface area contributed by atoms with Crippen LogP contribution in [0.25, 0.3) is 0 Å². The number of nitrogens with zero attached hydrogens (tertiary/aromatic N) is 2. The molecule has 0 radical (unpaired) electrons. The summed E-state index contributed by atoms with van der Waals surface area (Å²) in [6, 6.07) is 3.44. The maximum atomic E-state index is 9.44. The molecule has 60 valence electrons. The molecule has 3 heteroatoms. The molecule has 0 spiro atoms. The van der Waals surface area contributed by atoms with Crippen LogP contribution in [0.1, 0.15) is 20.8 Å². The number of allylic oxidation sites excluding steroid dienone is 1. The lowest BCUT2D eigenvalue weighted by atomic mass is 10.6. The Balaban J connectivity index is -0.0000000886. The lowest BCUT2D eigenvalue weighted by Crippen LogP contribution is -1.69.